The van der Waals surface area contributed by atoms with E-state index >= 15 is 0 Å². The Balaban J connectivity index is 2.10. The lowest BCUT2D eigenvalue weighted by Gasteiger charge is -2.16. The highest BCUT2D eigenvalue weighted by Crippen LogP contribution is 2.19. The molecule has 1 aromatic heterocycles. The van der Waals surface area contributed by atoms with Crippen LogP contribution in [0.3, 0.4) is 0 Å². The zero-order chi connectivity index (χ0) is 13.9. The van der Waals surface area contributed by atoms with Crippen LogP contribution in [0, 0.1) is 0 Å². The summed E-state index contributed by atoms with van der Waals surface area (Å²) < 4.78 is 38.3. The summed E-state index contributed by atoms with van der Waals surface area (Å²) in [6.07, 6.45) is 0.883. The number of halogens is 3. The molecule has 1 aromatic carbocycles. The van der Waals surface area contributed by atoms with E-state index in [1.165, 1.54) is 0 Å². The van der Waals surface area contributed by atoms with E-state index in [1.54, 1.807) is 36.3 Å². The summed E-state index contributed by atoms with van der Waals surface area (Å²) in [5, 5.41) is 2.46. The lowest BCUT2D eigenvalue weighted by molar-refractivity contribution is -0.126. The number of alkyl halides is 3. The van der Waals surface area contributed by atoms with Crippen LogP contribution in [0.25, 0.3) is 5.69 Å². The van der Waals surface area contributed by atoms with Crippen molar-refractivity contribution >= 4 is 0 Å². The molecule has 1 unspecified atom stereocenters. The van der Waals surface area contributed by atoms with Crippen LogP contribution in [0.5, 0.6) is 0 Å². The molecule has 19 heavy (non-hydrogen) atoms. The minimum absolute atomic E-state index is 0.370. The molecule has 0 bridgehead atoms. The van der Waals surface area contributed by atoms with E-state index in [0.717, 1.165) is 11.3 Å². The summed E-state index contributed by atoms with van der Waals surface area (Å²) in [5.41, 5.74) is 1.67. The summed E-state index contributed by atoms with van der Waals surface area (Å²) in [7, 11) is 0. The molecule has 1 N–H and O–H groups in total. The van der Waals surface area contributed by atoms with Crippen LogP contribution in [-0.2, 0) is 0 Å². The molecule has 0 amide bonds. The number of hydrogen-bond donors (Lipinski definition) is 1. The minimum Gasteiger partial charge on any atom is -0.306 e. The molecule has 0 spiro atoms. The van der Waals surface area contributed by atoms with Gasteiger partial charge in [0.25, 0.3) is 0 Å². The molecule has 0 radical (unpaired) electrons. The third-order valence-electron chi connectivity index (χ3n) is 2.78. The van der Waals surface area contributed by atoms with Crippen molar-refractivity contribution in [1.29, 1.82) is 0 Å². The second kappa shape index (κ2) is 5.44. The Bertz CT molecular complexity index is 520. The van der Waals surface area contributed by atoms with Crippen molar-refractivity contribution < 1.29 is 13.2 Å². The molecule has 0 aliphatic carbocycles. The number of aromatic nitrogens is 2. The van der Waals surface area contributed by atoms with Crippen LogP contribution in [0.15, 0.2) is 43.0 Å². The van der Waals surface area contributed by atoms with Gasteiger partial charge >= 0.3 is 6.18 Å². The Morgan fingerprint density at radius 2 is 2.16 bits per heavy atom. The molecule has 6 heteroatoms. The third-order valence-corrected chi connectivity index (χ3v) is 2.78. The lowest BCUT2D eigenvalue weighted by atomic mass is 10.1. The number of nitrogens with one attached hydrogen (secondary N) is 1. The van der Waals surface area contributed by atoms with Gasteiger partial charge in [0, 0.05) is 24.1 Å². The molecule has 0 fully saturated rings. The summed E-state index contributed by atoms with van der Waals surface area (Å²) in [6.45, 7) is 0.711. The SMILES string of the molecule is CC(NCC(F)(F)F)c1cccc(-n2ccnc2)c1. The van der Waals surface area contributed by atoms with Gasteiger partial charge in [0.15, 0.2) is 0 Å². The van der Waals surface area contributed by atoms with Gasteiger partial charge < -0.3 is 9.88 Å². The monoisotopic (exact) mass is 269 g/mol. The molecule has 2 aromatic rings. The van der Waals surface area contributed by atoms with E-state index in [0.29, 0.717) is 0 Å². The maximum atomic E-state index is 12.2. The van der Waals surface area contributed by atoms with Gasteiger partial charge in [-0.25, -0.2) is 4.98 Å². The molecule has 0 saturated heterocycles. The fraction of sp³-hybridized carbons (Fsp3) is 0.308. The van der Waals surface area contributed by atoms with Crippen molar-refractivity contribution in [2.75, 3.05) is 6.54 Å². The topological polar surface area (TPSA) is 29.9 Å². The standard InChI is InChI=1S/C13H14F3N3/c1-10(18-8-13(14,15)16)11-3-2-4-12(7-11)19-6-5-17-9-19/h2-7,9-10,18H,8H2,1H3. The normalized spacial score (nSPS) is 13.5. The molecule has 1 atom stereocenters. The van der Waals surface area contributed by atoms with E-state index in [-0.39, 0.29) is 6.04 Å². The van der Waals surface area contributed by atoms with E-state index in [2.05, 4.69) is 10.3 Å². The Morgan fingerprint density at radius 3 is 2.79 bits per heavy atom. The van der Waals surface area contributed by atoms with Crippen LogP contribution >= 0.6 is 0 Å². The molecule has 0 aliphatic heterocycles. The fourth-order valence-corrected chi connectivity index (χ4v) is 1.75. The quantitative estimate of drug-likeness (QED) is 0.924. The number of benzene rings is 1. The number of rotatable bonds is 4. The smallest absolute Gasteiger partial charge is 0.306 e. The average Bonchev–Trinajstić information content (AvgIpc) is 2.89. The van der Waals surface area contributed by atoms with Gasteiger partial charge in [-0.2, -0.15) is 13.2 Å². The number of nitrogens with zero attached hydrogens (tertiary/aromatic N) is 2. The highest BCUT2D eigenvalue weighted by Gasteiger charge is 2.27. The van der Waals surface area contributed by atoms with Crippen LogP contribution in [-0.4, -0.2) is 22.3 Å². The van der Waals surface area contributed by atoms with Crippen molar-refractivity contribution in [3.8, 4) is 5.69 Å². The molecule has 3 nitrogen and oxygen atoms in total. The molecular formula is C13H14F3N3. The average molecular weight is 269 g/mol. The maximum absolute atomic E-state index is 12.2. The van der Waals surface area contributed by atoms with Crippen molar-refractivity contribution in [3.05, 3.63) is 48.5 Å². The first kappa shape index (κ1) is 13.6. The minimum atomic E-state index is -4.20. The zero-order valence-corrected chi connectivity index (χ0v) is 10.4. The summed E-state index contributed by atoms with van der Waals surface area (Å²) in [5.74, 6) is 0. The van der Waals surface area contributed by atoms with E-state index in [4.69, 9.17) is 0 Å². The number of imidazole rings is 1. The van der Waals surface area contributed by atoms with Gasteiger partial charge in [0.2, 0.25) is 0 Å². The summed E-state index contributed by atoms with van der Waals surface area (Å²) in [4.78, 5) is 3.94. The first-order chi connectivity index (χ1) is 8.96. The Morgan fingerprint density at radius 1 is 1.37 bits per heavy atom. The van der Waals surface area contributed by atoms with Gasteiger partial charge in [0.1, 0.15) is 0 Å². The first-order valence-corrected chi connectivity index (χ1v) is 5.84. The maximum Gasteiger partial charge on any atom is 0.401 e. The van der Waals surface area contributed by atoms with E-state index in [1.807, 2.05) is 18.2 Å². The van der Waals surface area contributed by atoms with E-state index < -0.39 is 12.7 Å². The van der Waals surface area contributed by atoms with Gasteiger partial charge in [-0.3, -0.25) is 0 Å². The highest BCUT2D eigenvalue weighted by atomic mass is 19.4. The zero-order valence-electron chi connectivity index (χ0n) is 10.4. The Kier molecular flexibility index (Phi) is 3.90. The van der Waals surface area contributed by atoms with Crippen LogP contribution in [0.4, 0.5) is 13.2 Å². The van der Waals surface area contributed by atoms with Crippen LogP contribution < -0.4 is 5.32 Å². The number of hydrogen-bond acceptors (Lipinski definition) is 2. The predicted octanol–water partition coefficient (Wildman–Crippen LogP) is 3.09. The van der Waals surface area contributed by atoms with Gasteiger partial charge in [-0.1, -0.05) is 12.1 Å². The molecule has 102 valence electrons. The lowest BCUT2D eigenvalue weighted by Crippen LogP contribution is -2.30. The van der Waals surface area contributed by atoms with Gasteiger partial charge in [-0.15, -0.1) is 0 Å². The summed E-state index contributed by atoms with van der Waals surface area (Å²) in [6, 6.07) is 6.97. The first-order valence-electron chi connectivity index (χ1n) is 5.84. The van der Waals surface area contributed by atoms with Crippen molar-refractivity contribution in [2.45, 2.75) is 19.1 Å². The van der Waals surface area contributed by atoms with Crippen molar-refractivity contribution in [1.82, 2.24) is 14.9 Å². The molecular weight excluding hydrogens is 255 g/mol. The largest absolute Gasteiger partial charge is 0.401 e. The van der Waals surface area contributed by atoms with Crippen molar-refractivity contribution in [2.24, 2.45) is 0 Å². The molecule has 0 aliphatic rings. The molecule has 2 rings (SSSR count). The van der Waals surface area contributed by atoms with E-state index in [9.17, 15) is 13.2 Å². The highest BCUT2D eigenvalue weighted by molar-refractivity contribution is 5.36. The molecule has 0 saturated carbocycles. The third kappa shape index (κ3) is 3.82. The van der Waals surface area contributed by atoms with Gasteiger partial charge in [0.05, 0.1) is 12.9 Å². The molecule has 1 heterocycles. The fourth-order valence-electron chi connectivity index (χ4n) is 1.75. The second-order valence-electron chi connectivity index (χ2n) is 4.28. The second-order valence-corrected chi connectivity index (χ2v) is 4.28. The van der Waals surface area contributed by atoms with Crippen LogP contribution in [0.2, 0.25) is 0 Å². The van der Waals surface area contributed by atoms with Gasteiger partial charge in [-0.05, 0) is 24.6 Å². The Labute approximate surface area is 109 Å². The van der Waals surface area contributed by atoms with Crippen molar-refractivity contribution in [3.63, 3.8) is 0 Å². The van der Waals surface area contributed by atoms with Crippen LogP contribution in [0.1, 0.15) is 18.5 Å². The summed E-state index contributed by atoms with van der Waals surface area (Å²) >= 11 is 0. The Hall–Kier alpha value is -1.82. The predicted molar refractivity (Wildman–Crippen MR) is 66.0 cm³/mol.